The van der Waals surface area contributed by atoms with Gasteiger partial charge in [0.25, 0.3) is 0 Å². The summed E-state index contributed by atoms with van der Waals surface area (Å²) in [4.78, 5) is 8.52. The van der Waals surface area contributed by atoms with E-state index in [1.807, 2.05) is 24.3 Å². The third-order valence-electron chi connectivity index (χ3n) is 3.05. The highest BCUT2D eigenvalue weighted by atomic mass is 19.1. The van der Waals surface area contributed by atoms with E-state index in [0.29, 0.717) is 22.6 Å². The van der Waals surface area contributed by atoms with Gasteiger partial charge in [-0.3, -0.25) is 0 Å². The van der Waals surface area contributed by atoms with Crippen LogP contribution in [0.4, 0.5) is 10.2 Å². The highest BCUT2D eigenvalue weighted by molar-refractivity contribution is 5.89. The number of aromatic nitrogens is 2. The monoisotopic (exact) mass is 269 g/mol. The van der Waals surface area contributed by atoms with Gasteiger partial charge in [-0.1, -0.05) is 12.1 Å². The van der Waals surface area contributed by atoms with Crippen molar-refractivity contribution >= 4 is 16.7 Å². The highest BCUT2D eigenvalue weighted by Gasteiger charge is 2.12. The van der Waals surface area contributed by atoms with Crippen molar-refractivity contribution in [1.82, 2.24) is 9.97 Å². The van der Waals surface area contributed by atoms with E-state index >= 15 is 0 Å². The molecule has 0 amide bonds. The fourth-order valence-electron chi connectivity index (χ4n) is 2.03. The smallest absolute Gasteiger partial charge is 0.165 e. The molecule has 5 heteroatoms. The average molecular weight is 269 g/mol. The Labute approximate surface area is 115 Å². The number of rotatable bonds is 2. The van der Waals surface area contributed by atoms with Crippen molar-refractivity contribution < 1.29 is 9.13 Å². The van der Waals surface area contributed by atoms with Gasteiger partial charge in [0.1, 0.15) is 17.4 Å². The Bertz CT molecular complexity index is 789. The standard InChI is InChI=1S/C15H12FN3O/c1-20-9-6-7-10(12(16)8-9)15-18-13-5-3-2-4-11(13)14(17)19-15/h2-8H,1H3,(H2,17,18,19). The lowest BCUT2D eigenvalue weighted by Gasteiger charge is -2.07. The van der Waals surface area contributed by atoms with Gasteiger partial charge < -0.3 is 10.5 Å². The first-order valence-corrected chi connectivity index (χ1v) is 6.05. The molecule has 0 radical (unpaired) electrons. The molecule has 0 unspecified atom stereocenters. The fraction of sp³-hybridized carbons (Fsp3) is 0.0667. The zero-order chi connectivity index (χ0) is 14.1. The Balaban J connectivity index is 2.19. The third-order valence-corrected chi connectivity index (χ3v) is 3.05. The van der Waals surface area contributed by atoms with E-state index in [2.05, 4.69) is 9.97 Å². The van der Waals surface area contributed by atoms with Crippen LogP contribution in [-0.2, 0) is 0 Å². The van der Waals surface area contributed by atoms with Crippen molar-refractivity contribution in [3.63, 3.8) is 0 Å². The van der Waals surface area contributed by atoms with Crippen molar-refractivity contribution in [3.05, 3.63) is 48.3 Å². The number of ether oxygens (including phenoxy) is 1. The van der Waals surface area contributed by atoms with Gasteiger partial charge >= 0.3 is 0 Å². The first kappa shape index (κ1) is 12.3. The zero-order valence-corrected chi connectivity index (χ0v) is 10.8. The Hall–Kier alpha value is -2.69. The molecular weight excluding hydrogens is 257 g/mol. The molecule has 0 saturated carbocycles. The second kappa shape index (κ2) is 4.77. The normalized spacial score (nSPS) is 10.7. The number of anilines is 1. The summed E-state index contributed by atoms with van der Waals surface area (Å²) in [6.07, 6.45) is 0. The van der Waals surface area contributed by atoms with Crippen LogP contribution in [0.1, 0.15) is 0 Å². The molecule has 0 spiro atoms. The Morgan fingerprint density at radius 1 is 1.10 bits per heavy atom. The SMILES string of the molecule is COc1ccc(-c2nc(N)c3ccccc3n2)c(F)c1. The van der Waals surface area contributed by atoms with Gasteiger partial charge in [0.2, 0.25) is 0 Å². The molecule has 0 aliphatic carbocycles. The van der Waals surface area contributed by atoms with Gasteiger partial charge in [0.05, 0.1) is 18.2 Å². The number of hydrogen-bond acceptors (Lipinski definition) is 4. The molecule has 0 fully saturated rings. The number of fused-ring (bicyclic) bond motifs is 1. The Kier molecular flexibility index (Phi) is 2.95. The number of halogens is 1. The molecule has 3 aromatic rings. The van der Waals surface area contributed by atoms with E-state index in [0.717, 1.165) is 5.39 Å². The second-order valence-electron chi connectivity index (χ2n) is 4.30. The van der Waals surface area contributed by atoms with Crippen molar-refractivity contribution in [2.45, 2.75) is 0 Å². The van der Waals surface area contributed by atoms with Crippen LogP contribution in [0.15, 0.2) is 42.5 Å². The molecule has 0 bridgehead atoms. The minimum absolute atomic E-state index is 0.265. The molecule has 0 aliphatic rings. The van der Waals surface area contributed by atoms with E-state index in [1.165, 1.54) is 13.2 Å². The Morgan fingerprint density at radius 2 is 1.90 bits per heavy atom. The summed E-state index contributed by atoms with van der Waals surface area (Å²) in [5.41, 5.74) is 6.88. The fourth-order valence-corrected chi connectivity index (χ4v) is 2.03. The van der Waals surface area contributed by atoms with Crippen LogP contribution in [0, 0.1) is 5.82 Å². The molecule has 0 saturated heterocycles. The topological polar surface area (TPSA) is 61.0 Å². The summed E-state index contributed by atoms with van der Waals surface area (Å²) >= 11 is 0. The van der Waals surface area contributed by atoms with Crippen LogP contribution >= 0.6 is 0 Å². The summed E-state index contributed by atoms with van der Waals surface area (Å²) in [5.74, 6) is 0.598. The van der Waals surface area contributed by atoms with E-state index in [4.69, 9.17) is 10.5 Å². The van der Waals surface area contributed by atoms with Crippen LogP contribution in [0.3, 0.4) is 0 Å². The van der Waals surface area contributed by atoms with Crippen molar-refractivity contribution in [2.75, 3.05) is 12.8 Å². The van der Waals surface area contributed by atoms with Crippen LogP contribution < -0.4 is 10.5 Å². The molecule has 2 N–H and O–H groups in total. The number of nitrogens with zero attached hydrogens (tertiary/aromatic N) is 2. The zero-order valence-electron chi connectivity index (χ0n) is 10.8. The van der Waals surface area contributed by atoms with Crippen LogP contribution in [0.2, 0.25) is 0 Å². The lowest BCUT2D eigenvalue weighted by atomic mass is 10.1. The largest absolute Gasteiger partial charge is 0.497 e. The minimum Gasteiger partial charge on any atom is -0.497 e. The molecular formula is C15H12FN3O. The Morgan fingerprint density at radius 3 is 2.65 bits per heavy atom. The van der Waals surface area contributed by atoms with Crippen LogP contribution in [0.5, 0.6) is 5.75 Å². The molecule has 100 valence electrons. The molecule has 2 aromatic carbocycles. The van der Waals surface area contributed by atoms with Crippen LogP contribution in [0.25, 0.3) is 22.3 Å². The van der Waals surface area contributed by atoms with Crippen molar-refractivity contribution in [3.8, 4) is 17.1 Å². The predicted molar refractivity (Wildman–Crippen MR) is 75.9 cm³/mol. The van der Waals surface area contributed by atoms with Gasteiger partial charge in [-0.2, -0.15) is 0 Å². The summed E-state index contributed by atoms with van der Waals surface area (Å²) in [6, 6.07) is 11.9. The van der Waals surface area contributed by atoms with Crippen molar-refractivity contribution in [1.29, 1.82) is 0 Å². The molecule has 3 rings (SSSR count). The predicted octanol–water partition coefficient (Wildman–Crippen LogP) is 3.03. The van der Waals surface area contributed by atoms with Gasteiger partial charge in [-0.15, -0.1) is 0 Å². The molecule has 0 atom stereocenters. The van der Waals surface area contributed by atoms with E-state index < -0.39 is 5.82 Å². The third kappa shape index (κ3) is 2.03. The van der Waals surface area contributed by atoms with Crippen molar-refractivity contribution in [2.24, 2.45) is 0 Å². The van der Waals surface area contributed by atoms with Gasteiger partial charge in [0, 0.05) is 11.5 Å². The highest BCUT2D eigenvalue weighted by Crippen LogP contribution is 2.26. The molecule has 4 nitrogen and oxygen atoms in total. The molecule has 1 aromatic heterocycles. The van der Waals surface area contributed by atoms with E-state index in [-0.39, 0.29) is 5.82 Å². The number of benzene rings is 2. The van der Waals surface area contributed by atoms with Gasteiger partial charge in [-0.25, -0.2) is 14.4 Å². The summed E-state index contributed by atoms with van der Waals surface area (Å²) < 4.78 is 19.0. The molecule has 1 heterocycles. The molecule has 0 aliphatic heterocycles. The van der Waals surface area contributed by atoms with Crippen LogP contribution in [-0.4, -0.2) is 17.1 Å². The number of hydrogen-bond donors (Lipinski definition) is 1. The number of methoxy groups -OCH3 is 1. The second-order valence-corrected chi connectivity index (χ2v) is 4.30. The first-order valence-electron chi connectivity index (χ1n) is 6.05. The quantitative estimate of drug-likeness (QED) is 0.776. The molecule has 20 heavy (non-hydrogen) atoms. The summed E-state index contributed by atoms with van der Waals surface area (Å²) in [7, 11) is 1.49. The lowest BCUT2D eigenvalue weighted by molar-refractivity contribution is 0.411. The maximum absolute atomic E-state index is 14.1. The average Bonchev–Trinajstić information content (AvgIpc) is 2.47. The maximum Gasteiger partial charge on any atom is 0.165 e. The minimum atomic E-state index is -0.445. The summed E-state index contributed by atoms with van der Waals surface area (Å²) in [6.45, 7) is 0. The maximum atomic E-state index is 14.1. The first-order chi connectivity index (χ1) is 9.69. The van der Waals surface area contributed by atoms with Gasteiger partial charge in [-0.05, 0) is 24.3 Å². The summed E-state index contributed by atoms with van der Waals surface area (Å²) in [5, 5.41) is 0.755. The van der Waals surface area contributed by atoms with E-state index in [1.54, 1.807) is 12.1 Å². The number of nitrogen functional groups attached to an aromatic ring is 1. The number of nitrogens with two attached hydrogens (primary N) is 1. The lowest BCUT2D eigenvalue weighted by Crippen LogP contribution is -1.99. The number of para-hydroxylation sites is 1. The van der Waals surface area contributed by atoms with Gasteiger partial charge in [0.15, 0.2) is 5.82 Å². The van der Waals surface area contributed by atoms with E-state index in [9.17, 15) is 4.39 Å².